The summed E-state index contributed by atoms with van der Waals surface area (Å²) in [7, 11) is 1.75. The summed E-state index contributed by atoms with van der Waals surface area (Å²) in [6.45, 7) is 8.87. The van der Waals surface area contributed by atoms with Gasteiger partial charge in [0.05, 0.1) is 12.3 Å². The number of aromatic nitrogens is 2. The van der Waals surface area contributed by atoms with Gasteiger partial charge in [-0.05, 0) is 42.2 Å². The van der Waals surface area contributed by atoms with Crippen molar-refractivity contribution in [2.75, 3.05) is 12.8 Å². The number of carbonyl (C=O) groups is 1. The number of thioether (sulfide) groups is 1. The van der Waals surface area contributed by atoms with Gasteiger partial charge in [0.25, 0.3) is 0 Å². The van der Waals surface area contributed by atoms with E-state index >= 15 is 0 Å². The van der Waals surface area contributed by atoms with Crippen LogP contribution in [-0.2, 0) is 16.8 Å². The van der Waals surface area contributed by atoms with Crippen LogP contribution in [0.25, 0.3) is 11.5 Å². The molecule has 2 aromatic carbocycles. The van der Waals surface area contributed by atoms with Crippen LogP contribution in [0.2, 0.25) is 0 Å². The summed E-state index contributed by atoms with van der Waals surface area (Å²) < 4.78 is 5.77. The Labute approximate surface area is 176 Å². The fourth-order valence-corrected chi connectivity index (χ4v) is 3.57. The van der Waals surface area contributed by atoms with Crippen LogP contribution in [0.1, 0.15) is 37.8 Å². The number of benzene rings is 2. The lowest BCUT2D eigenvalue weighted by molar-refractivity contribution is -0.127. The van der Waals surface area contributed by atoms with Gasteiger partial charge in [-0.1, -0.05) is 50.6 Å². The van der Waals surface area contributed by atoms with Crippen molar-refractivity contribution < 1.29 is 9.21 Å². The van der Waals surface area contributed by atoms with Crippen LogP contribution in [-0.4, -0.2) is 33.8 Å². The molecule has 1 aromatic heterocycles. The van der Waals surface area contributed by atoms with E-state index in [0.717, 1.165) is 10.5 Å². The second kappa shape index (κ2) is 8.82. The third-order valence-electron chi connectivity index (χ3n) is 4.65. The van der Waals surface area contributed by atoms with Gasteiger partial charge < -0.3 is 9.32 Å². The molecule has 1 heterocycles. The maximum Gasteiger partial charge on any atom is 0.247 e. The minimum atomic E-state index is 0.0184. The fraction of sp³-hybridized carbons (Fsp3) is 0.348. The quantitative estimate of drug-likeness (QED) is 0.531. The van der Waals surface area contributed by atoms with Crippen LogP contribution in [0.5, 0.6) is 0 Å². The first kappa shape index (κ1) is 21.1. The highest BCUT2D eigenvalue weighted by atomic mass is 32.2. The molecule has 0 aliphatic rings. The molecule has 0 spiro atoms. The average molecular weight is 410 g/mol. The zero-order valence-corrected chi connectivity index (χ0v) is 18.4. The predicted octanol–water partition coefficient (Wildman–Crippen LogP) is 5.09. The standard InChI is InChI=1S/C23H27N3O2S/c1-16-6-12-19(13-7-16)29-15-21(27)26(5)14-20-24-25-22(28-20)17-8-10-18(11-9-17)23(2,3)4/h6-13H,14-15H2,1-5H3. The number of amides is 1. The molecule has 152 valence electrons. The van der Waals surface area contributed by atoms with E-state index in [2.05, 4.69) is 43.1 Å². The molecular formula is C23H27N3O2S. The van der Waals surface area contributed by atoms with Gasteiger partial charge in [0.15, 0.2) is 0 Å². The number of aryl methyl sites for hydroxylation is 1. The molecule has 1 amide bonds. The number of carbonyl (C=O) groups excluding carboxylic acids is 1. The molecule has 0 radical (unpaired) electrons. The van der Waals surface area contributed by atoms with Gasteiger partial charge >= 0.3 is 0 Å². The highest BCUT2D eigenvalue weighted by Gasteiger charge is 2.17. The normalized spacial score (nSPS) is 11.5. The molecule has 0 saturated carbocycles. The van der Waals surface area contributed by atoms with Crippen molar-refractivity contribution in [2.45, 2.75) is 44.6 Å². The molecule has 0 aliphatic heterocycles. The molecular weight excluding hydrogens is 382 g/mol. The second-order valence-electron chi connectivity index (χ2n) is 8.18. The van der Waals surface area contributed by atoms with Gasteiger partial charge in [-0.25, -0.2) is 0 Å². The molecule has 5 nitrogen and oxygen atoms in total. The molecule has 0 unspecified atom stereocenters. The SMILES string of the molecule is Cc1ccc(SCC(=O)N(C)Cc2nnc(-c3ccc(C(C)(C)C)cc3)o2)cc1. The van der Waals surface area contributed by atoms with Gasteiger partial charge in [-0.2, -0.15) is 0 Å². The van der Waals surface area contributed by atoms with Crippen LogP contribution in [0.4, 0.5) is 0 Å². The summed E-state index contributed by atoms with van der Waals surface area (Å²) in [5.41, 5.74) is 3.43. The third-order valence-corrected chi connectivity index (χ3v) is 5.64. The molecule has 0 N–H and O–H groups in total. The van der Waals surface area contributed by atoms with Crippen molar-refractivity contribution >= 4 is 17.7 Å². The van der Waals surface area contributed by atoms with Gasteiger partial charge in [-0.3, -0.25) is 4.79 Å². The molecule has 0 bridgehead atoms. The third kappa shape index (κ3) is 5.70. The van der Waals surface area contributed by atoms with Crippen molar-refractivity contribution in [1.29, 1.82) is 0 Å². The summed E-state index contributed by atoms with van der Waals surface area (Å²) in [6.07, 6.45) is 0. The fourth-order valence-electron chi connectivity index (χ4n) is 2.73. The van der Waals surface area contributed by atoms with Crippen molar-refractivity contribution in [2.24, 2.45) is 0 Å². The zero-order valence-electron chi connectivity index (χ0n) is 17.6. The highest BCUT2D eigenvalue weighted by molar-refractivity contribution is 8.00. The number of hydrogen-bond acceptors (Lipinski definition) is 5. The molecule has 0 aliphatic carbocycles. The molecule has 29 heavy (non-hydrogen) atoms. The number of hydrogen-bond donors (Lipinski definition) is 0. The average Bonchev–Trinajstić information content (AvgIpc) is 3.15. The van der Waals surface area contributed by atoms with Gasteiger partial charge in [0, 0.05) is 17.5 Å². The number of nitrogens with zero attached hydrogens (tertiary/aromatic N) is 3. The largest absolute Gasteiger partial charge is 0.419 e. The molecule has 0 saturated heterocycles. The maximum absolute atomic E-state index is 12.4. The van der Waals surface area contributed by atoms with E-state index in [9.17, 15) is 4.79 Å². The Morgan fingerprint density at radius 1 is 1.03 bits per heavy atom. The van der Waals surface area contributed by atoms with Crippen molar-refractivity contribution in [3.63, 3.8) is 0 Å². The van der Waals surface area contributed by atoms with Crippen molar-refractivity contribution in [3.05, 3.63) is 65.5 Å². The van der Waals surface area contributed by atoms with E-state index in [-0.39, 0.29) is 11.3 Å². The smallest absolute Gasteiger partial charge is 0.247 e. The second-order valence-corrected chi connectivity index (χ2v) is 9.23. The summed E-state index contributed by atoms with van der Waals surface area (Å²) >= 11 is 1.52. The monoisotopic (exact) mass is 409 g/mol. The first-order valence-corrected chi connectivity index (χ1v) is 10.6. The Morgan fingerprint density at radius 2 is 1.69 bits per heavy atom. The van der Waals surface area contributed by atoms with E-state index in [1.54, 1.807) is 11.9 Å². The topological polar surface area (TPSA) is 59.2 Å². The lowest BCUT2D eigenvalue weighted by Crippen LogP contribution is -2.27. The molecule has 3 aromatic rings. The van der Waals surface area contributed by atoms with Gasteiger partial charge in [0.1, 0.15) is 0 Å². The Balaban J connectivity index is 1.57. The summed E-state index contributed by atoms with van der Waals surface area (Å²) in [6, 6.07) is 16.3. The van der Waals surface area contributed by atoms with Crippen LogP contribution in [0.15, 0.2) is 57.8 Å². The summed E-state index contributed by atoms with van der Waals surface area (Å²) in [5, 5.41) is 8.23. The molecule has 0 fully saturated rings. The van der Waals surface area contributed by atoms with Crippen molar-refractivity contribution in [3.8, 4) is 11.5 Å². The predicted molar refractivity (Wildman–Crippen MR) is 117 cm³/mol. The van der Waals surface area contributed by atoms with E-state index in [4.69, 9.17) is 4.42 Å². The molecule has 3 rings (SSSR count). The number of rotatable bonds is 6. The van der Waals surface area contributed by atoms with Crippen LogP contribution >= 0.6 is 11.8 Å². The molecule has 0 atom stereocenters. The Morgan fingerprint density at radius 3 is 2.31 bits per heavy atom. The van der Waals surface area contributed by atoms with E-state index in [0.29, 0.717) is 24.1 Å². The minimum absolute atomic E-state index is 0.0184. The Kier molecular flexibility index (Phi) is 6.42. The van der Waals surface area contributed by atoms with E-state index in [1.165, 1.54) is 22.9 Å². The van der Waals surface area contributed by atoms with Gasteiger partial charge in [-0.15, -0.1) is 22.0 Å². The van der Waals surface area contributed by atoms with Crippen molar-refractivity contribution in [1.82, 2.24) is 15.1 Å². The van der Waals surface area contributed by atoms with Crippen LogP contribution < -0.4 is 0 Å². The molecule has 6 heteroatoms. The Bertz CT molecular complexity index is 957. The maximum atomic E-state index is 12.4. The van der Waals surface area contributed by atoms with E-state index < -0.39 is 0 Å². The minimum Gasteiger partial charge on any atom is -0.419 e. The highest BCUT2D eigenvalue weighted by Crippen LogP contribution is 2.26. The zero-order chi connectivity index (χ0) is 21.0. The summed E-state index contributed by atoms with van der Waals surface area (Å²) in [4.78, 5) is 15.1. The van der Waals surface area contributed by atoms with E-state index in [1.807, 2.05) is 43.3 Å². The Hall–Kier alpha value is -2.60. The lowest BCUT2D eigenvalue weighted by atomic mass is 9.87. The van der Waals surface area contributed by atoms with Crippen LogP contribution in [0.3, 0.4) is 0 Å². The van der Waals surface area contributed by atoms with Gasteiger partial charge in [0.2, 0.25) is 17.7 Å². The lowest BCUT2D eigenvalue weighted by Gasteiger charge is -2.18. The first-order valence-electron chi connectivity index (χ1n) is 9.59. The van der Waals surface area contributed by atoms with Crippen LogP contribution in [0, 0.1) is 6.92 Å². The first-order chi connectivity index (χ1) is 13.7. The summed E-state index contributed by atoms with van der Waals surface area (Å²) in [5.74, 6) is 1.28.